The van der Waals surface area contributed by atoms with E-state index < -0.39 is 5.82 Å². The van der Waals surface area contributed by atoms with Gasteiger partial charge in [0.2, 0.25) is 5.95 Å². The second kappa shape index (κ2) is 5.97. The zero-order valence-electron chi connectivity index (χ0n) is 10.7. The van der Waals surface area contributed by atoms with Gasteiger partial charge in [0.05, 0.1) is 6.20 Å². The number of anilines is 3. The van der Waals surface area contributed by atoms with Gasteiger partial charge in [-0.05, 0) is 31.5 Å². The topological polar surface area (TPSA) is 49.8 Å². The lowest BCUT2D eigenvalue weighted by Crippen LogP contribution is -2.05. The van der Waals surface area contributed by atoms with Crippen LogP contribution in [0.2, 0.25) is 0 Å². The van der Waals surface area contributed by atoms with E-state index in [4.69, 9.17) is 0 Å². The van der Waals surface area contributed by atoms with E-state index in [1.807, 2.05) is 32.0 Å². The molecule has 1 aromatic carbocycles. The molecule has 0 atom stereocenters. The number of aryl methyl sites for hydroxylation is 1. The largest absolute Gasteiger partial charge is 0.354 e. The smallest absolute Gasteiger partial charge is 0.224 e. The van der Waals surface area contributed by atoms with Crippen molar-refractivity contribution in [2.45, 2.75) is 13.8 Å². The number of nitrogens with zero attached hydrogens (tertiary/aromatic N) is 2. The zero-order valence-corrected chi connectivity index (χ0v) is 12.3. The summed E-state index contributed by atoms with van der Waals surface area (Å²) in [4.78, 5) is 7.94. The molecule has 0 aliphatic heterocycles. The number of nitrogens with one attached hydrogen (secondary N) is 2. The van der Waals surface area contributed by atoms with E-state index in [0.717, 1.165) is 21.9 Å². The van der Waals surface area contributed by atoms with Crippen molar-refractivity contribution in [3.05, 3.63) is 40.2 Å². The predicted molar refractivity (Wildman–Crippen MR) is 78.3 cm³/mol. The van der Waals surface area contributed by atoms with Crippen LogP contribution in [-0.2, 0) is 0 Å². The Hall–Kier alpha value is -1.69. The maximum Gasteiger partial charge on any atom is 0.224 e. The SMILES string of the molecule is CCNc1ncc(F)c(Nc2ccc(C)c(Br)c2)n1. The summed E-state index contributed by atoms with van der Waals surface area (Å²) in [5, 5.41) is 5.89. The summed E-state index contributed by atoms with van der Waals surface area (Å²) in [6.07, 6.45) is 1.15. The molecule has 4 nitrogen and oxygen atoms in total. The molecule has 100 valence electrons. The first kappa shape index (κ1) is 13.7. The van der Waals surface area contributed by atoms with Crippen molar-refractivity contribution in [3.8, 4) is 0 Å². The van der Waals surface area contributed by atoms with Gasteiger partial charge in [0.25, 0.3) is 0 Å². The molecule has 2 rings (SSSR count). The first-order chi connectivity index (χ1) is 9.10. The molecule has 0 spiro atoms. The van der Waals surface area contributed by atoms with Crippen molar-refractivity contribution in [3.63, 3.8) is 0 Å². The monoisotopic (exact) mass is 324 g/mol. The zero-order chi connectivity index (χ0) is 13.8. The lowest BCUT2D eigenvalue weighted by Gasteiger charge is -2.09. The summed E-state index contributed by atoms with van der Waals surface area (Å²) in [5.41, 5.74) is 1.87. The van der Waals surface area contributed by atoms with Gasteiger partial charge in [-0.3, -0.25) is 0 Å². The molecule has 1 heterocycles. The van der Waals surface area contributed by atoms with E-state index in [2.05, 4.69) is 36.5 Å². The maximum atomic E-state index is 13.6. The second-order valence-corrected chi connectivity index (χ2v) is 4.86. The summed E-state index contributed by atoms with van der Waals surface area (Å²) >= 11 is 3.44. The third kappa shape index (κ3) is 3.41. The van der Waals surface area contributed by atoms with Crippen molar-refractivity contribution in [2.24, 2.45) is 0 Å². The second-order valence-electron chi connectivity index (χ2n) is 4.01. The summed E-state index contributed by atoms with van der Waals surface area (Å²) in [7, 11) is 0. The lowest BCUT2D eigenvalue weighted by molar-refractivity contribution is 0.619. The molecule has 6 heteroatoms. The number of rotatable bonds is 4. The van der Waals surface area contributed by atoms with Crippen LogP contribution in [-0.4, -0.2) is 16.5 Å². The number of aromatic nitrogens is 2. The molecular weight excluding hydrogens is 311 g/mol. The molecule has 0 saturated heterocycles. The first-order valence-corrected chi connectivity index (χ1v) is 6.69. The molecular formula is C13H14BrFN4. The van der Waals surface area contributed by atoms with Gasteiger partial charge in [0.1, 0.15) is 0 Å². The average Bonchev–Trinajstić information content (AvgIpc) is 2.38. The van der Waals surface area contributed by atoms with Crippen LogP contribution >= 0.6 is 15.9 Å². The van der Waals surface area contributed by atoms with E-state index in [0.29, 0.717) is 12.5 Å². The predicted octanol–water partition coefficient (Wildman–Crippen LogP) is 3.86. The van der Waals surface area contributed by atoms with Gasteiger partial charge >= 0.3 is 0 Å². The summed E-state index contributed by atoms with van der Waals surface area (Å²) < 4.78 is 14.6. The molecule has 0 saturated carbocycles. The highest BCUT2D eigenvalue weighted by Gasteiger charge is 2.07. The summed E-state index contributed by atoms with van der Waals surface area (Å²) in [5.74, 6) is 0.0673. The fraction of sp³-hybridized carbons (Fsp3) is 0.231. The number of hydrogen-bond donors (Lipinski definition) is 2. The Balaban J connectivity index is 2.26. The molecule has 0 aliphatic carbocycles. The van der Waals surface area contributed by atoms with Crippen LogP contribution in [0.25, 0.3) is 0 Å². The molecule has 0 radical (unpaired) electrons. The van der Waals surface area contributed by atoms with Crippen molar-refractivity contribution < 1.29 is 4.39 Å². The minimum Gasteiger partial charge on any atom is -0.354 e. The number of halogens is 2. The highest BCUT2D eigenvalue weighted by Crippen LogP contribution is 2.24. The lowest BCUT2D eigenvalue weighted by atomic mass is 10.2. The van der Waals surface area contributed by atoms with Crippen LogP contribution in [0, 0.1) is 12.7 Å². The molecule has 19 heavy (non-hydrogen) atoms. The highest BCUT2D eigenvalue weighted by atomic mass is 79.9. The Morgan fingerprint density at radius 3 is 2.84 bits per heavy atom. The van der Waals surface area contributed by atoms with E-state index >= 15 is 0 Å². The molecule has 2 aromatic rings. The Morgan fingerprint density at radius 1 is 1.37 bits per heavy atom. The van der Waals surface area contributed by atoms with Crippen LogP contribution in [0.15, 0.2) is 28.9 Å². The summed E-state index contributed by atoms with van der Waals surface area (Å²) in [6, 6.07) is 5.69. The molecule has 2 N–H and O–H groups in total. The molecule has 0 amide bonds. The highest BCUT2D eigenvalue weighted by molar-refractivity contribution is 9.10. The Morgan fingerprint density at radius 2 is 2.16 bits per heavy atom. The first-order valence-electron chi connectivity index (χ1n) is 5.89. The normalized spacial score (nSPS) is 10.3. The van der Waals surface area contributed by atoms with E-state index in [1.165, 1.54) is 0 Å². The van der Waals surface area contributed by atoms with Crippen molar-refractivity contribution in [1.82, 2.24) is 9.97 Å². The quantitative estimate of drug-likeness (QED) is 0.896. The Labute approximate surface area is 119 Å². The van der Waals surface area contributed by atoms with Crippen LogP contribution < -0.4 is 10.6 Å². The third-order valence-electron chi connectivity index (χ3n) is 2.51. The van der Waals surface area contributed by atoms with Crippen LogP contribution in [0.5, 0.6) is 0 Å². The van der Waals surface area contributed by atoms with Gasteiger partial charge in [-0.1, -0.05) is 22.0 Å². The standard InChI is InChI=1S/C13H14BrFN4/c1-3-16-13-17-7-11(15)12(19-13)18-9-5-4-8(2)10(14)6-9/h4-7H,3H2,1-2H3,(H2,16,17,18,19). The maximum absolute atomic E-state index is 13.6. The van der Waals surface area contributed by atoms with Crippen LogP contribution in [0.4, 0.5) is 21.8 Å². The van der Waals surface area contributed by atoms with Crippen LogP contribution in [0.1, 0.15) is 12.5 Å². The summed E-state index contributed by atoms with van der Waals surface area (Å²) in [6.45, 7) is 4.60. The molecule has 0 aliphatic rings. The fourth-order valence-corrected chi connectivity index (χ4v) is 1.88. The number of benzene rings is 1. The van der Waals surface area contributed by atoms with Crippen molar-refractivity contribution >= 4 is 33.4 Å². The minimum absolute atomic E-state index is 0.154. The van der Waals surface area contributed by atoms with Gasteiger partial charge in [-0.25, -0.2) is 9.37 Å². The van der Waals surface area contributed by atoms with Gasteiger partial charge in [-0.15, -0.1) is 0 Å². The molecule has 1 aromatic heterocycles. The van der Waals surface area contributed by atoms with E-state index in [1.54, 1.807) is 0 Å². The van der Waals surface area contributed by atoms with Gasteiger partial charge in [-0.2, -0.15) is 4.98 Å². The molecule has 0 unspecified atom stereocenters. The number of hydrogen-bond acceptors (Lipinski definition) is 4. The van der Waals surface area contributed by atoms with E-state index in [-0.39, 0.29) is 5.82 Å². The van der Waals surface area contributed by atoms with Crippen molar-refractivity contribution in [1.29, 1.82) is 0 Å². The van der Waals surface area contributed by atoms with E-state index in [9.17, 15) is 4.39 Å². The average molecular weight is 325 g/mol. The molecule has 0 fully saturated rings. The van der Waals surface area contributed by atoms with Gasteiger partial charge in [0.15, 0.2) is 11.6 Å². The Kier molecular flexibility index (Phi) is 4.31. The van der Waals surface area contributed by atoms with Crippen LogP contribution in [0.3, 0.4) is 0 Å². The van der Waals surface area contributed by atoms with Crippen molar-refractivity contribution in [2.75, 3.05) is 17.2 Å². The van der Waals surface area contributed by atoms with Gasteiger partial charge in [0, 0.05) is 16.7 Å². The third-order valence-corrected chi connectivity index (χ3v) is 3.37. The minimum atomic E-state index is -0.488. The van der Waals surface area contributed by atoms with Gasteiger partial charge < -0.3 is 10.6 Å². The Bertz CT molecular complexity index is 589. The fourth-order valence-electron chi connectivity index (χ4n) is 1.51. The molecule has 0 bridgehead atoms.